The van der Waals surface area contributed by atoms with E-state index in [9.17, 15) is 23.5 Å². The predicted molar refractivity (Wildman–Crippen MR) is 171 cm³/mol. The molecule has 0 bridgehead atoms. The number of halogens is 2. The third-order valence-corrected chi connectivity index (χ3v) is 7.28. The maximum Gasteiger partial charge on any atom is 0.239 e. The molecule has 0 saturated heterocycles. The van der Waals surface area contributed by atoms with Crippen LogP contribution in [0.2, 0.25) is 0 Å². The van der Waals surface area contributed by atoms with Gasteiger partial charge in [-0.15, -0.1) is 0 Å². The van der Waals surface area contributed by atoms with Gasteiger partial charge in [-0.25, -0.2) is 8.78 Å². The summed E-state index contributed by atoms with van der Waals surface area (Å²) in [5.41, 5.74) is 0.882. The van der Waals surface area contributed by atoms with Crippen molar-refractivity contribution in [2.24, 2.45) is 0 Å². The quantitative estimate of drug-likeness (QED) is 0.284. The largest absolute Gasteiger partial charge is 0.505 e. The van der Waals surface area contributed by atoms with Crippen LogP contribution in [0, 0.1) is 11.6 Å². The fourth-order valence-corrected chi connectivity index (χ4v) is 4.72. The molecule has 2 heterocycles. The Morgan fingerprint density at radius 3 is 2.24 bits per heavy atom. The van der Waals surface area contributed by atoms with Crippen molar-refractivity contribution in [3.63, 3.8) is 0 Å². The monoisotopic (exact) mass is 642 g/mol. The Labute approximate surface area is 266 Å². The van der Waals surface area contributed by atoms with Crippen molar-refractivity contribution in [2.75, 3.05) is 71.3 Å². The van der Waals surface area contributed by atoms with Crippen molar-refractivity contribution < 1.29 is 42.0 Å². The Kier molecular flexibility index (Phi) is 12.7. The van der Waals surface area contributed by atoms with E-state index < -0.39 is 22.8 Å². The summed E-state index contributed by atoms with van der Waals surface area (Å²) in [5, 5.41) is 12.9. The van der Waals surface area contributed by atoms with Gasteiger partial charge in [-0.1, -0.05) is 32.8 Å². The molecule has 2 aliphatic heterocycles. The van der Waals surface area contributed by atoms with Gasteiger partial charge in [0.25, 0.3) is 0 Å². The maximum atomic E-state index is 14.6. The van der Waals surface area contributed by atoms with E-state index in [1.807, 2.05) is 0 Å². The number of unbranched alkanes of at least 4 members (excludes halogenated alkanes) is 1. The number of phenolic OH excluding ortho intramolecular Hbond substituents is 1. The second kappa shape index (κ2) is 16.9. The lowest BCUT2D eigenvalue weighted by Crippen LogP contribution is -2.38. The predicted octanol–water partition coefficient (Wildman–Crippen LogP) is 5.35. The molecule has 0 fully saturated rings. The number of phenols is 1. The summed E-state index contributed by atoms with van der Waals surface area (Å²) in [6, 6.07) is 9.41. The van der Waals surface area contributed by atoms with Crippen LogP contribution >= 0.6 is 0 Å². The first kappa shape index (κ1) is 34.6. The fraction of sp³-hybridized carbons (Fsp3) is 0.412. The van der Waals surface area contributed by atoms with Gasteiger partial charge in [-0.2, -0.15) is 0 Å². The summed E-state index contributed by atoms with van der Waals surface area (Å²) in [6.45, 7) is 7.04. The summed E-state index contributed by atoms with van der Waals surface area (Å²) < 4.78 is 57.8. The highest BCUT2D eigenvalue weighted by Gasteiger charge is 2.23. The van der Waals surface area contributed by atoms with Crippen LogP contribution in [0.15, 0.2) is 51.7 Å². The van der Waals surface area contributed by atoms with E-state index in [0.29, 0.717) is 62.1 Å². The van der Waals surface area contributed by atoms with Crippen LogP contribution in [0.25, 0.3) is 33.4 Å². The molecule has 2 aromatic carbocycles. The number of hydrogen-bond acceptors (Lipinski definition) is 9. The molecule has 0 unspecified atom stereocenters. The molecule has 0 saturated carbocycles. The minimum atomic E-state index is -0.999. The maximum absolute atomic E-state index is 14.6. The van der Waals surface area contributed by atoms with Crippen LogP contribution in [-0.2, 0) is 19.0 Å². The van der Waals surface area contributed by atoms with Crippen LogP contribution in [-0.4, -0.2) is 77.4 Å². The van der Waals surface area contributed by atoms with Crippen molar-refractivity contribution in [1.29, 1.82) is 0 Å². The lowest BCUT2D eigenvalue weighted by Gasteiger charge is -2.27. The number of fused-ring (bicyclic) bond motifs is 3. The highest BCUT2D eigenvalue weighted by molar-refractivity contribution is 6.02. The zero-order valence-electron chi connectivity index (χ0n) is 26.3. The van der Waals surface area contributed by atoms with Crippen LogP contribution in [0.4, 0.5) is 14.5 Å². The van der Waals surface area contributed by atoms with E-state index in [0.717, 1.165) is 24.3 Å². The highest BCUT2D eigenvalue weighted by atomic mass is 19.1. The number of ether oxygens (including phenoxy) is 4. The Hall–Kier alpha value is -4.26. The Morgan fingerprint density at radius 2 is 1.57 bits per heavy atom. The summed E-state index contributed by atoms with van der Waals surface area (Å²) in [7, 11) is 1.54. The average molecular weight is 643 g/mol. The molecule has 0 radical (unpaired) electrons. The standard InChI is InChI=1S/C30H30F2N2O8.C4H10/c1-33-29(37)17-34-4-5-38-6-7-39-8-9-40-10-11-41-28-12-18(2-3-23(28)34)30-19-13-21(31)24(35)15-26(19)42-27-16-25(36)22(32)14-20(27)30;1-3-4-2/h2-3,12-16,35H,4-11,17H2,1H3,(H,33,37);3-4H2,1-2H3. The summed E-state index contributed by atoms with van der Waals surface area (Å²) >= 11 is 0. The number of likely N-dealkylation sites (N-methyl/N-ethyl adjacent to an activating group) is 1. The number of nitrogens with zero attached hydrogens (tertiary/aromatic N) is 1. The van der Waals surface area contributed by atoms with Gasteiger partial charge in [-0.05, 0) is 29.8 Å². The number of amides is 1. The van der Waals surface area contributed by atoms with E-state index >= 15 is 0 Å². The van der Waals surface area contributed by atoms with Crippen molar-refractivity contribution >= 4 is 22.6 Å². The SMILES string of the molecule is CCCC.CNC(=O)CN1CCOCCOCCOCCOc2cc(-c3c4cc(F)c(=O)cc-4oc4cc(O)c(F)cc34)ccc21. The number of rotatable bonds is 4. The van der Waals surface area contributed by atoms with Crippen LogP contribution in [0.3, 0.4) is 0 Å². The lowest BCUT2D eigenvalue weighted by atomic mass is 9.93. The normalized spacial score (nSPS) is 14.8. The first-order chi connectivity index (χ1) is 22.3. The molecule has 3 aliphatic rings. The molecule has 46 heavy (non-hydrogen) atoms. The number of carbonyl (C=O) groups excluding carboxylic acids is 1. The minimum Gasteiger partial charge on any atom is -0.505 e. The van der Waals surface area contributed by atoms with Gasteiger partial charge in [0.15, 0.2) is 17.4 Å². The van der Waals surface area contributed by atoms with E-state index in [2.05, 4.69) is 19.2 Å². The van der Waals surface area contributed by atoms with Crippen LogP contribution < -0.4 is 20.4 Å². The van der Waals surface area contributed by atoms with Gasteiger partial charge in [0.1, 0.15) is 23.7 Å². The van der Waals surface area contributed by atoms with Gasteiger partial charge < -0.3 is 38.7 Å². The number of carbonyl (C=O) groups is 1. The van der Waals surface area contributed by atoms with Crippen LogP contribution in [0.5, 0.6) is 11.5 Å². The van der Waals surface area contributed by atoms with Crippen molar-refractivity contribution in [3.8, 4) is 33.9 Å². The molecule has 0 spiro atoms. The molecule has 10 nitrogen and oxygen atoms in total. The molecular weight excluding hydrogens is 602 g/mol. The summed E-state index contributed by atoms with van der Waals surface area (Å²) in [4.78, 5) is 26.3. The second-order valence-corrected chi connectivity index (χ2v) is 10.5. The van der Waals surface area contributed by atoms with E-state index in [1.54, 1.807) is 30.1 Å². The van der Waals surface area contributed by atoms with Gasteiger partial charge >= 0.3 is 0 Å². The number of aromatic hydroxyl groups is 1. The van der Waals surface area contributed by atoms with E-state index in [-0.39, 0.29) is 48.0 Å². The molecule has 1 aliphatic carbocycles. The van der Waals surface area contributed by atoms with Crippen molar-refractivity contribution in [2.45, 2.75) is 26.7 Å². The zero-order chi connectivity index (χ0) is 33.1. The number of benzene rings is 3. The fourth-order valence-electron chi connectivity index (χ4n) is 4.72. The smallest absolute Gasteiger partial charge is 0.239 e. The van der Waals surface area contributed by atoms with Crippen molar-refractivity contribution in [3.05, 3.63) is 64.3 Å². The Morgan fingerprint density at radius 1 is 0.891 bits per heavy atom. The van der Waals surface area contributed by atoms with E-state index in [4.69, 9.17) is 23.4 Å². The molecule has 2 aromatic rings. The van der Waals surface area contributed by atoms with Gasteiger partial charge in [0, 0.05) is 42.2 Å². The molecular formula is C34H40F2N2O8. The first-order valence-electron chi connectivity index (χ1n) is 15.3. The minimum absolute atomic E-state index is 0.0145. The number of anilines is 1. The molecule has 1 amide bonds. The van der Waals surface area contributed by atoms with Gasteiger partial charge in [0.2, 0.25) is 11.3 Å². The third kappa shape index (κ3) is 8.71. The van der Waals surface area contributed by atoms with Gasteiger partial charge in [0.05, 0.1) is 51.9 Å². The Balaban J connectivity index is 0.00000113. The third-order valence-electron chi connectivity index (χ3n) is 7.28. The molecule has 5 rings (SSSR count). The van der Waals surface area contributed by atoms with Crippen molar-refractivity contribution in [1.82, 2.24) is 5.32 Å². The van der Waals surface area contributed by atoms with E-state index in [1.165, 1.54) is 12.8 Å². The summed E-state index contributed by atoms with van der Waals surface area (Å²) in [6.07, 6.45) is 2.64. The molecule has 12 heteroatoms. The topological polar surface area (TPSA) is 120 Å². The molecule has 2 N–H and O–H groups in total. The van der Waals surface area contributed by atoms with Gasteiger partial charge in [-0.3, -0.25) is 9.59 Å². The molecule has 248 valence electrons. The lowest BCUT2D eigenvalue weighted by molar-refractivity contribution is -0.119. The first-order valence-corrected chi connectivity index (χ1v) is 15.3. The average Bonchev–Trinajstić information content (AvgIpc) is 3.05. The van der Waals surface area contributed by atoms with Crippen LogP contribution in [0.1, 0.15) is 26.7 Å². The number of hydrogen-bond donors (Lipinski definition) is 2. The molecule has 0 atom stereocenters. The molecule has 0 aromatic heterocycles. The summed E-state index contributed by atoms with van der Waals surface area (Å²) in [5.74, 6) is -2.32. The highest BCUT2D eigenvalue weighted by Crippen LogP contribution is 2.44. The Bertz CT molecular complexity index is 1640. The second-order valence-electron chi connectivity index (χ2n) is 10.5. The number of nitrogens with one attached hydrogen (secondary N) is 1. The zero-order valence-corrected chi connectivity index (χ0v) is 26.3.